The van der Waals surface area contributed by atoms with Crippen molar-refractivity contribution in [2.24, 2.45) is 0 Å². The van der Waals surface area contributed by atoms with Gasteiger partial charge in [-0.25, -0.2) is 0 Å². The molecule has 1 aromatic rings. The highest BCUT2D eigenvalue weighted by atomic mass is 19.4. The summed E-state index contributed by atoms with van der Waals surface area (Å²) in [6.45, 7) is -0.539. The average molecular weight is 277 g/mol. The number of nitrogens with zero attached hydrogens (tertiary/aromatic N) is 1. The Morgan fingerprint density at radius 1 is 1.32 bits per heavy atom. The third-order valence-electron chi connectivity index (χ3n) is 2.47. The smallest absolute Gasteiger partial charge is 0.390 e. The first-order chi connectivity index (χ1) is 8.69. The SMILES string of the molecule is CN(CCC(F)(F)F)CC(=O)c1ccc(O)cc1O. The number of phenolic OH excluding ortho intramolecular Hbond substituents is 2. The summed E-state index contributed by atoms with van der Waals surface area (Å²) >= 11 is 0. The summed E-state index contributed by atoms with van der Waals surface area (Å²) in [5.74, 6) is -1.10. The zero-order valence-corrected chi connectivity index (χ0v) is 10.2. The molecule has 0 aliphatic carbocycles. The van der Waals surface area contributed by atoms with Crippen LogP contribution in [-0.2, 0) is 0 Å². The van der Waals surface area contributed by atoms with Gasteiger partial charge in [0.1, 0.15) is 11.5 Å². The molecule has 7 heteroatoms. The predicted molar refractivity (Wildman–Crippen MR) is 62.3 cm³/mol. The van der Waals surface area contributed by atoms with E-state index < -0.39 is 24.1 Å². The van der Waals surface area contributed by atoms with Gasteiger partial charge in [0, 0.05) is 12.6 Å². The van der Waals surface area contributed by atoms with Gasteiger partial charge < -0.3 is 10.2 Å². The van der Waals surface area contributed by atoms with Crippen molar-refractivity contribution in [2.45, 2.75) is 12.6 Å². The number of alkyl halides is 3. The topological polar surface area (TPSA) is 60.8 Å². The van der Waals surface area contributed by atoms with Gasteiger partial charge in [0.25, 0.3) is 0 Å². The van der Waals surface area contributed by atoms with Gasteiger partial charge in [-0.2, -0.15) is 13.2 Å². The number of carbonyl (C=O) groups excluding carboxylic acids is 1. The molecular weight excluding hydrogens is 263 g/mol. The number of carbonyl (C=O) groups is 1. The minimum atomic E-state index is -4.27. The molecule has 2 N–H and O–H groups in total. The second kappa shape index (κ2) is 5.92. The number of ketones is 1. The van der Waals surface area contributed by atoms with E-state index in [1.807, 2.05) is 0 Å². The number of Topliss-reactive ketones (excluding diaryl/α,β-unsaturated/α-hetero) is 1. The quantitative estimate of drug-likeness (QED) is 0.810. The van der Waals surface area contributed by atoms with Crippen LogP contribution in [0.3, 0.4) is 0 Å². The molecule has 1 rings (SSSR count). The van der Waals surface area contributed by atoms with E-state index in [1.54, 1.807) is 0 Å². The molecule has 0 atom stereocenters. The number of benzene rings is 1. The van der Waals surface area contributed by atoms with Crippen molar-refractivity contribution in [3.05, 3.63) is 23.8 Å². The molecular formula is C12H14F3NO3. The maximum Gasteiger partial charge on any atom is 0.390 e. The second-order valence-corrected chi connectivity index (χ2v) is 4.23. The third kappa shape index (κ3) is 5.17. The van der Waals surface area contributed by atoms with Crippen LogP contribution in [0.4, 0.5) is 13.2 Å². The minimum absolute atomic E-state index is 0.0309. The fourth-order valence-electron chi connectivity index (χ4n) is 1.48. The number of halogens is 3. The van der Waals surface area contributed by atoms with Crippen LogP contribution in [0.2, 0.25) is 0 Å². The van der Waals surface area contributed by atoms with Crippen molar-refractivity contribution in [3.63, 3.8) is 0 Å². The van der Waals surface area contributed by atoms with Crippen molar-refractivity contribution in [3.8, 4) is 11.5 Å². The summed E-state index contributed by atoms with van der Waals surface area (Å²) in [5, 5.41) is 18.5. The van der Waals surface area contributed by atoms with Crippen LogP contribution in [0.5, 0.6) is 11.5 Å². The number of aromatic hydroxyl groups is 2. The maximum atomic E-state index is 12.0. The Morgan fingerprint density at radius 2 is 1.95 bits per heavy atom. The number of hydrogen-bond acceptors (Lipinski definition) is 4. The van der Waals surface area contributed by atoms with Crippen LogP contribution in [0.25, 0.3) is 0 Å². The lowest BCUT2D eigenvalue weighted by atomic mass is 10.1. The van der Waals surface area contributed by atoms with E-state index in [1.165, 1.54) is 24.1 Å². The van der Waals surface area contributed by atoms with E-state index in [2.05, 4.69) is 0 Å². The fourth-order valence-corrected chi connectivity index (χ4v) is 1.48. The van der Waals surface area contributed by atoms with Gasteiger partial charge in [0.15, 0.2) is 5.78 Å². The van der Waals surface area contributed by atoms with Crippen molar-refractivity contribution in [1.29, 1.82) is 0 Å². The summed E-state index contributed by atoms with van der Waals surface area (Å²) in [5.41, 5.74) is -0.0309. The van der Waals surface area contributed by atoms with Crippen molar-refractivity contribution >= 4 is 5.78 Å². The van der Waals surface area contributed by atoms with E-state index >= 15 is 0 Å². The Kier molecular flexibility index (Phi) is 4.77. The highest BCUT2D eigenvalue weighted by molar-refractivity contribution is 6.00. The van der Waals surface area contributed by atoms with Gasteiger partial charge >= 0.3 is 6.18 Å². The molecule has 0 radical (unpaired) electrons. The summed E-state index contributed by atoms with van der Waals surface area (Å²) in [4.78, 5) is 13.0. The molecule has 0 bridgehead atoms. The molecule has 0 aromatic heterocycles. The number of rotatable bonds is 5. The molecule has 0 aliphatic rings. The predicted octanol–water partition coefficient (Wildman–Crippen LogP) is 2.16. The Morgan fingerprint density at radius 3 is 2.47 bits per heavy atom. The maximum absolute atomic E-state index is 12.0. The number of phenols is 2. The van der Waals surface area contributed by atoms with Crippen LogP contribution in [0.1, 0.15) is 16.8 Å². The molecule has 106 valence electrons. The summed E-state index contributed by atoms with van der Waals surface area (Å²) in [7, 11) is 1.39. The van der Waals surface area contributed by atoms with Crippen LogP contribution in [-0.4, -0.2) is 47.2 Å². The molecule has 19 heavy (non-hydrogen) atoms. The molecule has 0 heterocycles. The van der Waals surface area contributed by atoms with Crippen LogP contribution in [0, 0.1) is 0 Å². The Balaban J connectivity index is 2.59. The van der Waals surface area contributed by atoms with Crippen molar-refractivity contribution in [2.75, 3.05) is 20.1 Å². The first kappa shape index (κ1) is 15.3. The monoisotopic (exact) mass is 277 g/mol. The lowest BCUT2D eigenvalue weighted by Crippen LogP contribution is -2.29. The summed E-state index contributed by atoms with van der Waals surface area (Å²) < 4.78 is 36.0. The molecule has 0 fully saturated rings. The molecule has 4 nitrogen and oxygen atoms in total. The molecule has 0 aliphatic heterocycles. The highest BCUT2D eigenvalue weighted by Gasteiger charge is 2.27. The number of likely N-dealkylation sites (N-methyl/N-ethyl adjacent to an activating group) is 1. The molecule has 1 aromatic carbocycles. The molecule has 0 saturated carbocycles. The molecule has 0 unspecified atom stereocenters. The van der Waals surface area contributed by atoms with Crippen molar-refractivity contribution < 1.29 is 28.2 Å². The molecule has 0 amide bonds. The van der Waals surface area contributed by atoms with Gasteiger partial charge in [-0.15, -0.1) is 0 Å². The standard InChI is InChI=1S/C12H14F3NO3/c1-16(5-4-12(13,14)15)7-11(19)9-3-2-8(17)6-10(9)18/h2-3,6,17-18H,4-5,7H2,1H3. The zero-order chi connectivity index (χ0) is 14.6. The van der Waals surface area contributed by atoms with E-state index in [-0.39, 0.29) is 24.4 Å². The number of hydrogen-bond donors (Lipinski definition) is 2. The van der Waals surface area contributed by atoms with E-state index in [4.69, 9.17) is 5.11 Å². The van der Waals surface area contributed by atoms with E-state index in [9.17, 15) is 23.1 Å². The Labute approximate surface area is 108 Å². The fraction of sp³-hybridized carbons (Fsp3) is 0.417. The first-order valence-electron chi connectivity index (χ1n) is 5.49. The third-order valence-corrected chi connectivity index (χ3v) is 2.47. The van der Waals surface area contributed by atoms with Gasteiger partial charge in [-0.05, 0) is 19.2 Å². The van der Waals surface area contributed by atoms with Crippen LogP contribution >= 0.6 is 0 Å². The second-order valence-electron chi connectivity index (χ2n) is 4.23. The van der Waals surface area contributed by atoms with Gasteiger partial charge in [-0.1, -0.05) is 0 Å². The first-order valence-corrected chi connectivity index (χ1v) is 5.49. The molecule has 0 spiro atoms. The normalized spacial score (nSPS) is 11.8. The largest absolute Gasteiger partial charge is 0.508 e. The molecule has 0 saturated heterocycles. The Bertz CT molecular complexity index is 460. The summed E-state index contributed by atoms with van der Waals surface area (Å²) in [6, 6.07) is 3.45. The van der Waals surface area contributed by atoms with Crippen LogP contribution in [0.15, 0.2) is 18.2 Å². The lowest BCUT2D eigenvalue weighted by molar-refractivity contribution is -0.137. The Hall–Kier alpha value is -1.76. The van der Waals surface area contributed by atoms with Crippen molar-refractivity contribution in [1.82, 2.24) is 4.90 Å². The van der Waals surface area contributed by atoms with E-state index in [0.717, 1.165) is 6.07 Å². The minimum Gasteiger partial charge on any atom is -0.508 e. The van der Waals surface area contributed by atoms with Gasteiger partial charge in [0.05, 0.1) is 18.5 Å². The zero-order valence-electron chi connectivity index (χ0n) is 10.2. The van der Waals surface area contributed by atoms with Gasteiger partial charge in [-0.3, -0.25) is 9.69 Å². The van der Waals surface area contributed by atoms with Gasteiger partial charge in [0.2, 0.25) is 0 Å². The lowest BCUT2D eigenvalue weighted by Gasteiger charge is -2.17. The average Bonchev–Trinajstić information content (AvgIpc) is 2.25. The van der Waals surface area contributed by atoms with Crippen LogP contribution < -0.4 is 0 Å². The van der Waals surface area contributed by atoms with E-state index in [0.29, 0.717) is 0 Å². The summed E-state index contributed by atoms with van der Waals surface area (Å²) in [6.07, 6.45) is -5.27. The highest BCUT2D eigenvalue weighted by Crippen LogP contribution is 2.23.